The van der Waals surface area contributed by atoms with Gasteiger partial charge in [0.1, 0.15) is 5.82 Å². The van der Waals surface area contributed by atoms with Gasteiger partial charge in [-0.1, -0.05) is 23.7 Å². The molecule has 1 aromatic carbocycles. The van der Waals surface area contributed by atoms with Gasteiger partial charge >= 0.3 is 0 Å². The first-order chi connectivity index (χ1) is 11.7. The van der Waals surface area contributed by atoms with Gasteiger partial charge in [-0.15, -0.1) is 0 Å². The second kappa shape index (κ2) is 9.90. The van der Waals surface area contributed by atoms with Crippen LogP contribution in [-0.4, -0.2) is 37.7 Å². The molecule has 2 N–H and O–H groups in total. The van der Waals surface area contributed by atoms with Crippen molar-refractivity contribution in [1.29, 1.82) is 0 Å². The molecule has 128 valence electrons. The van der Waals surface area contributed by atoms with Crippen LogP contribution < -0.4 is 10.6 Å². The van der Waals surface area contributed by atoms with Crippen LogP contribution in [0.2, 0.25) is 5.02 Å². The third kappa shape index (κ3) is 6.18. The third-order valence-corrected chi connectivity index (χ3v) is 3.72. The molecule has 5 nitrogen and oxygen atoms in total. The van der Waals surface area contributed by atoms with Crippen LogP contribution in [0.4, 0.5) is 5.82 Å². The van der Waals surface area contributed by atoms with Crippen molar-refractivity contribution in [3.8, 4) is 0 Å². The summed E-state index contributed by atoms with van der Waals surface area (Å²) in [5.41, 5.74) is 1.73. The first-order valence-corrected chi connectivity index (χ1v) is 8.28. The first-order valence-electron chi connectivity index (χ1n) is 7.90. The Bertz CT molecular complexity index is 647. The minimum Gasteiger partial charge on any atom is -0.385 e. The minimum absolute atomic E-state index is 0.105. The number of amides is 1. The van der Waals surface area contributed by atoms with Gasteiger partial charge in [0.15, 0.2) is 0 Å². The molecule has 0 atom stereocenters. The predicted octanol–water partition coefficient (Wildman–Crippen LogP) is 3.16. The van der Waals surface area contributed by atoms with Crippen molar-refractivity contribution >= 4 is 23.3 Å². The summed E-state index contributed by atoms with van der Waals surface area (Å²) in [6.45, 7) is 2.01. The largest absolute Gasteiger partial charge is 0.385 e. The number of ether oxygens (including phenoxy) is 1. The van der Waals surface area contributed by atoms with E-state index in [9.17, 15) is 4.79 Å². The maximum atomic E-state index is 12.2. The van der Waals surface area contributed by atoms with Crippen LogP contribution in [-0.2, 0) is 11.2 Å². The summed E-state index contributed by atoms with van der Waals surface area (Å²) in [6.07, 6.45) is 3.28. The van der Waals surface area contributed by atoms with E-state index >= 15 is 0 Å². The lowest BCUT2D eigenvalue weighted by Gasteiger charge is -2.08. The van der Waals surface area contributed by atoms with Crippen molar-refractivity contribution in [2.75, 3.05) is 32.1 Å². The molecule has 0 fully saturated rings. The lowest BCUT2D eigenvalue weighted by molar-refractivity contribution is 0.0954. The number of nitrogens with zero attached hydrogens (tertiary/aromatic N) is 1. The Morgan fingerprint density at radius 3 is 2.75 bits per heavy atom. The topological polar surface area (TPSA) is 63.2 Å². The van der Waals surface area contributed by atoms with Gasteiger partial charge in [0.05, 0.1) is 0 Å². The molecule has 1 amide bonds. The number of carbonyl (C=O) groups excluding carboxylic acids is 1. The van der Waals surface area contributed by atoms with Crippen molar-refractivity contribution in [3.05, 3.63) is 58.7 Å². The van der Waals surface area contributed by atoms with Crippen LogP contribution in [0.5, 0.6) is 0 Å². The monoisotopic (exact) mass is 347 g/mol. The van der Waals surface area contributed by atoms with Crippen LogP contribution in [0.3, 0.4) is 0 Å². The van der Waals surface area contributed by atoms with Gasteiger partial charge in [0.2, 0.25) is 0 Å². The molecule has 0 aliphatic heterocycles. The highest BCUT2D eigenvalue weighted by Crippen LogP contribution is 2.10. The molecule has 1 heterocycles. The van der Waals surface area contributed by atoms with Gasteiger partial charge < -0.3 is 15.4 Å². The van der Waals surface area contributed by atoms with E-state index in [1.807, 2.05) is 24.3 Å². The second-order valence-corrected chi connectivity index (χ2v) is 5.77. The molecule has 0 radical (unpaired) electrons. The van der Waals surface area contributed by atoms with Gasteiger partial charge in [-0.2, -0.15) is 0 Å². The summed E-state index contributed by atoms with van der Waals surface area (Å²) in [6, 6.07) is 11.1. The Labute approximate surface area is 147 Å². The second-order valence-electron chi connectivity index (χ2n) is 5.34. The fourth-order valence-corrected chi connectivity index (χ4v) is 2.30. The Hall–Kier alpha value is -2.11. The standard InChI is InChI=1S/C18H22ClN3O2/c1-24-12-2-9-20-17-13-15(8-11-21-17)18(23)22-10-7-14-3-5-16(19)6-4-14/h3-6,8,11,13H,2,7,9-10,12H2,1H3,(H,20,21)(H,22,23). The Morgan fingerprint density at radius 2 is 2.00 bits per heavy atom. The number of halogens is 1. The van der Waals surface area contributed by atoms with Crippen LogP contribution in [0.25, 0.3) is 0 Å². The molecular formula is C18H22ClN3O2. The summed E-state index contributed by atoms with van der Waals surface area (Å²) >= 11 is 5.86. The summed E-state index contributed by atoms with van der Waals surface area (Å²) < 4.78 is 5.00. The van der Waals surface area contributed by atoms with Crippen LogP contribution >= 0.6 is 11.6 Å². The van der Waals surface area contributed by atoms with E-state index in [0.29, 0.717) is 29.6 Å². The molecule has 0 aliphatic rings. The van der Waals surface area contributed by atoms with Crippen molar-refractivity contribution < 1.29 is 9.53 Å². The molecule has 1 aromatic heterocycles. The highest BCUT2D eigenvalue weighted by molar-refractivity contribution is 6.30. The Kier molecular flexibility index (Phi) is 7.52. The normalized spacial score (nSPS) is 10.4. The van der Waals surface area contributed by atoms with Gasteiger partial charge in [0, 0.05) is 43.6 Å². The van der Waals surface area contributed by atoms with Crippen molar-refractivity contribution in [2.24, 2.45) is 0 Å². The van der Waals surface area contributed by atoms with Crippen molar-refractivity contribution in [2.45, 2.75) is 12.8 Å². The smallest absolute Gasteiger partial charge is 0.251 e. The molecule has 0 bridgehead atoms. The molecule has 2 aromatic rings. The molecule has 0 spiro atoms. The summed E-state index contributed by atoms with van der Waals surface area (Å²) in [5, 5.41) is 6.81. The molecular weight excluding hydrogens is 326 g/mol. The number of anilines is 1. The van der Waals surface area contributed by atoms with E-state index in [-0.39, 0.29) is 5.91 Å². The quantitative estimate of drug-likeness (QED) is 0.684. The molecule has 2 rings (SSSR count). The van der Waals surface area contributed by atoms with E-state index in [2.05, 4.69) is 15.6 Å². The van der Waals surface area contributed by atoms with E-state index < -0.39 is 0 Å². The summed E-state index contributed by atoms with van der Waals surface area (Å²) in [4.78, 5) is 16.4. The van der Waals surface area contributed by atoms with Gasteiger partial charge in [-0.05, 0) is 42.7 Å². The predicted molar refractivity (Wildman–Crippen MR) is 96.7 cm³/mol. The molecule has 0 aliphatic carbocycles. The van der Waals surface area contributed by atoms with Crippen LogP contribution in [0, 0.1) is 0 Å². The highest BCUT2D eigenvalue weighted by Gasteiger charge is 2.06. The zero-order valence-electron chi connectivity index (χ0n) is 13.7. The number of hydrogen-bond acceptors (Lipinski definition) is 4. The zero-order valence-corrected chi connectivity index (χ0v) is 14.5. The Morgan fingerprint density at radius 1 is 1.21 bits per heavy atom. The Balaban J connectivity index is 1.80. The maximum Gasteiger partial charge on any atom is 0.251 e. The van der Waals surface area contributed by atoms with E-state index in [4.69, 9.17) is 16.3 Å². The number of benzene rings is 1. The average Bonchev–Trinajstić information content (AvgIpc) is 2.61. The molecule has 24 heavy (non-hydrogen) atoms. The lowest BCUT2D eigenvalue weighted by atomic mass is 10.1. The van der Waals surface area contributed by atoms with Crippen molar-refractivity contribution in [3.63, 3.8) is 0 Å². The number of aromatic nitrogens is 1. The van der Waals surface area contributed by atoms with Crippen molar-refractivity contribution in [1.82, 2.24) is 10.3 Å². The fourth-order valence-electron chi connectivity index (χ4n) is 2.17. The number of nitrogens with one attached hydrogen (secondary N) is 2. The maximum absolute atomic E-state index is 12.2. The zero-order chi connectivity index (χ0) is 17.2. The molecule has 0 saturated heterocycles. The lowest BCUT2D eigenvalue weighted by Crippen LogP contribution is -2.25. The number of rotatable bonds is 9. The summed E-state index contributed by atoms with van der Waals surface area (Å²) in [5.74, 6) is 0.586. The van der Waals surface area contributed by atoms with E-state index in [1.54, 1.807) is 25.4 Å². The SMILES string of the molecule is COCCCNc1cc(C(=O)NCCc2ccc(Cl)cc2)ccn1. The minimum atomic E-state index is -0.105. The number of hydrogen-bond donors (Lipinski definition) is 2. The number of methoxy groups -OCH3 is 1. The van der Waals surface area contributed by atoms with Crippen LogP contribution in [0.1, 0.15) is 22.3 Å². The number of carbonyl (C=O) groups is 1. The highest BCUT2D eigenvalue weighted by atomic mass is 35.5. The third-order valence-electron chi connectivity index (χ3n) is 3.47. The van der Waals surface area contributed by atoms with Gasteiger partial charge in [-0.25, -0.2) is 4.98 Å². The van der Waals surface area contributed by atoms with Gasteiger partial charge in [0.25, 0.3) is 5.91 Å². The number of pyridine rings is 1. The first kappa shape index (κ1) is 18.2. The van der Waals surface area contributed by atoms with Gasteiger partial charge in [-0.3, -0.25) is 4.79 Å². The molecule has 0 saturated carbocycles. The van der Waals surface area contributed by atoms with E-state index in [1.165, 1.54) is 0 Å². The summed E-state index contributed by atoms with van der Waals surface area (Å²) in [7, 11) is 1.67. The molecule has 0 unspecified atom stereocenters. The van der Waals surface area contributed by atoms with Crippen LogP contribution in [0.15, 0.2) is 42.6 Å². The molecule has 6 heteroatoms. The fraction of sp³-hybridized carbons (Fsp3) is 0.333. The van der Waals surface area contributed by atoms with E-state index in [0.717, 1.165) is 24.9 Å². The average molecular weight is 348 g/mol.